The van der Waals surface area contributed by atoms with Gasteiger partial charge < -0.3 is 10.6 Å². The Bertz CT molecular complexity index is 413. The van der Waals surface area contributed by atoms with Crippen molar-refractivity contribution in [2.24, 2.45) is 0 Å². The first-order chi connectivity index (χ1) is 7.79. The molecule has 0 aromatic heterocycles. The molecule has 0 radical (unpaired) electrons. The van der Waals surface area contributed by atoms with Gasteiger partial charge in [0, 0.05) is 5.54 Å². The van der Waals surface area contributed by atoms with Gasteiger partial charge in [-0.15, -0.1) is 0 Å². The van der Waals surface area contributed by atoms with Crippen LogP contribution in [0.25, 0.3) is 0 Å². The summed E-state index contributed by atoms with van der Waals surface area (Å²) in [5.41, 5.74) is -0.358. The van der Waals surface area contributed by atoms with E-state index in [1.165, 1.54) is 12.1 Å². The number of rotatable bonds is 3. The zero-order valence-corrected chi connectivity index (χ0v) is 10.1. The number of hydrogen-bond donors (Lipinski definition) is 2. The lowest BCUT2D eigenvalue weighted by atomic mass is 10.1. The van der Waals surface area contributed by atoms with Crippen LogP contribution in [-0.4, -0.2) is 18.0 Å². The first-order valence-electron chi connectivity index (χ1n) is 5.28. The van der Waals surface area contributed by atoms with Crippen molar-refractivity contribution < 1.29 is 13.6 Å². The van der Waals surface area contributed by atoms with Crippen molar-refractivity contribution in [1.82, 2.24) is 5.32 Å². The van der Waals surface area contributed by atoms with Crippen molar-refractivity contribution in [1.29, 1.82) is 0 Å². The lowest BCUT2D eigenvalue weighted by Crippen LogP contribution is -2.41. The number of anilines is 1. The van der Waals surface area contributed by atoms with Crippen molar-refractivity contribution in [2.45, 2.75) is 26.3 Å². The van der Waals surface area contributed by atoms with E-state index >= 15 is 0 Å². The molecule has 0 spiro atoms. The van der Waals surface area contributed by atoms with Gasteiger partial charge in [0.15, 0.2) is 11.6 Å². The summed E-state index contributed by atoms with van der Waals surface area (Å²) in [6.07, 6.45) is 0. The molecule has 17 heavy (non-hydrogen) atoms. The van der Waals surface area contributed by atoms with Gasteiger partial charge in [-0.3, -0.25) is 4.79 Å². The first kappa shape index (κ1) is 13.6. The van der Waals surface area contributed by atoms with Crippen LogP contribution >= 0.6 is 0 Å². The fourth-order valence-corrected chi connectivity index (χ4v) is 1.14. The zero-order valence-electron chi connectivity index (χ0n) is 10.1. The fourth-order valence-electron chi connectivity index (χ4n) is 1.14. The van der Waals surface area contributed by atoms with E-state index in [1.807, 2.05) is 20.8 Å². The molecule has 0 atom stereocenters. The molecule has 0 saturated heterocycles. The maximum Gasteiger partial charge on any atom is 0.238 e. The number of halogens is 2. The quantitative estimate of drug-likeness (QED) is 0.853. The number of benzene rings is 1. The first-order valence-corrected chi connectivity index (χ1v) is 5.28. The maximum atomic E-state index is 13.2. The Kier molecular flexibility index (Phi) is 4.17. The lowest BCUT2D eigenvalue weighted by molar-refractivity contribution is -0.115. The topological polar surface area (TPSA) is 41.1 Å². The Morgan fingerprint density at radius 3 is 2.53 bits per heavy atom. The monoisotopic (exact) mass is 242 g/mol. The molecule has 0 aliphatic carbocycles. The number of carbonyl (C=O) groups is 1. The van der Waals surface area contributed by atoms with E-state index in [2.05, 4.69) is 10.6 Å². The normalized spacial score (nSPS) is 11.4. The van der Waals surface area contributed by atoms with Gasteiger partial charge in [-0.05, 0) is 32.9 Å². The third-order valence-corrected chi connectivity index (χ3v) is 2.00. The average Bonchev–Trinajstić information content (AvgIpc) is 2.21. The summed E-state index contributed by atoms with van der Waals surface area (Å²) < 4.78 is 26.1. The molecule has 0 heterocycles. The molecule has 2 N–H and O–H groups in total. The molecule has 1 rings (SSSR count). The van der Waals surface area contributed by atoms with Crippen molar-refractivity contribution in [3.63, 3.8) is 0 Å². The second-order valence-electron chi connectivity index (χ2n) is 4.75. The van der Waals surface area contributed by atoms with E-state index in [-0.39, 0.29) is 17.8 Å². The molecule has 0 saturated carbocycles. The summed E-state index contributed by atoms with van der Waals surface area (Å²) in [4.78, 5) is 11.5. The number of amides is 1. The lowest BCUT2D eigenvalue weighted by Gasteiger charge is -2.20. The Morgan fingerprint density at radius 2 is 1.94 bits per heavy atom. The van der Waals surface area contributed by atoms with E-state index < -0.39 is 17.5 Å². The van der Waals surface area contributed by atoms with Gasteiger partial charge in [0.2, 0.25) is 5.91 Å². The summed E-state index contributed by atoms with van der Waals surface area (Å²) in [7, 11) is 0. The molecule has 0 unspecified atom stereocenters. The predicted molar refractivity (Wildman–Crippen MR) is 62.7 cm³/mol. The third kappa shape index (κ3) is 4.48. The number of carbonyl (C=O) groups excluding carboxylic acids is 1. The van der Waals surface area contributed by atoms with Gasteiger partial charge in [-0.1, -0.05) is 6.07 Å². The van der Waals surface area contributed by atoms with Crippen LogP contribution in [-0.2, 0) is 4.79 Å². The number of hydrogen-bond acceptors (Lipinski definition) is 2. The van der Waals surface area contributed by atoms with Crippen LogP contribution in [0, 0.1) is 11.6 Å². The molecule has 0 bridgehead atoms. The van der Waals surface area contributed by atoms with E-state index in [4.69, 9.17) is 0 Å². The highest BCUT2D eigenvalue weighted by Gasteiger charge is 2.13. The van der Waals surface area contributed by atoms with E-state index in [1.54, 1.807) is 0 Å². The highest BCUT2D eigenvalue weighted by Crippen LogP contribution is 2.16. The van der Waals surface area contributed by atoms with Gasteiger partial charge in [0.25, 0.3) is 0 Å². The second-order valence-corrected chi connectivity index (χ2v) is 4.75. The van der Waals surface area contributed by atoms with E-state index in [9.17, 15) is 13.6 Å². The molecular weight excluding hydrogens is 226 g/mol. The Labute approximate surface area is 99.2 Å². The van der Waals surface area contributed by atoms with Gasteiger partial charge in [-0.25, -0.2) is 8.78 Å². The summed E-state index contributed by atoms with van der Waals surface area (Å²) in [6, 6.07) is 3.65. The van der Waals surface area contributed by atoms with Crippen molar-refractivity contribution >= 4 is 11.6 Å². The van der Waals surface area contributed by atoms with E-state index in [0.29, 0.717) is 0 Å². The maximum absolute atomic E-state index is 13.2. The molecule has 1 aromatic rings. The standard InChI is InChI=1S/C12H16F2N2O/c1-12(2,3)15-7-10(17)16-9-6-4-5-8(13)11(9)14/h4-6,15H,7H2,1-3H3,(H,16,17). The zero-order chi connectivity index (χ0) is 13.1. The highest BCUT2D eigenvalue weighted by molar-refractivity contribution is 5.92. The van der Waals surface area contributed by atoms with Crippen LogP contribution in [0.3, 0.4) is 0 Å². The summed E-state index contributed by atoms with van der Waals surface area (Å²) in [6.45, 7) is 5.76. The third-order valence-electron chi connectivity index (χ3n) is 2.00. The molecule has 1 amide bonds. The van der Waals surface area contributed by atoms with Gasteiger partial charge in [0.1, 0.15) is 0 Å². The van der Waals surface area contributed by atoms with Crippen molar-refractivity contribution in [3.8, 4) is 0 Å². The molecular formula is C12H16F2N2O. The predicted octanol–water partition coefficient (Wildman–Crippen LogP) is 2.29. The summed E-state index contributed by atoms with van der Waals surface area (Å²) in [5, 5.41) is 5.25. The minimum atomic E-state index is -1.04. The van der Waals surface area contributed by atoms with Gasteiger partial charge >= 0.3 is 0 Å². The van der Waals surface area contributed by atoms with Crippen LogP contribution in [0.1, 0.15) is 20.8 Å². The van der Waals surface area contributed by atoms with Crippen LogP contribution in [0.2, 0.25) is 0 Å². The molecule has 1 aromatic carbocycles. The average molecular weight is 242 g/mol. The molecule has 0 aliphatic rings. The Morgan fingerprint density at radius 1 is 1.29 bits per heavy atom. The molecule has 0 aliphatic heterocycles. The molecule has 0 fully saturated rings. The van der Waals surface area contributed by atoms with E-state index in [0.717, 1.165) is 6.07 Å². The van der Waals surface area contributed by atoms with Crippen LogP contribution in [0.15, 0.2) is 18.2 Å². The van der Waals surface area contributed by atoms with Crippen molar-refractivity contribution in [2.75, 3.05) is 11.9 Å². The summed E-state index contributed by atoms with van der Waals surface area (Å²) >= 11 is 0. The number of nitrogens with one attached hydrogen (secondary N) is 2. The SMILES string of the molecule is CC(C)(C)NCC(=O)Nc1cccc(F)c1F. The molecule has 94 valence electrons. The Hall–Kier alpha value is -1.49. The summed E-state index contributed by atoms with van der Waals surface area (Å²) in [5.74, 6) is -2.44. The van der Waals surface area contributed by atoms with Crippen LogP contribution in [0.4, 0.5) is 14.5 Å². The minimum absolute atomic E-state index is 0.0411. The van der Waals surface area contributed by atoms with Gasteiger partial charge in [0.05, 0.1) is 12.2 Å². The van der Waals surface area contributed by atoms with Gasteiger partial charge in [-0.2, -0.15) is 0 Å². The minimum Gasteiger partial charge on any atom is -0.322 e. The largest absolute Gasteiger partial charge is 0.322 e. The Balaban J connectivity index is 2.60. The second kappa shape index (κ2) is 5.23. The molecule has 5 heteroatoms. The van der Waals surface area contributed by atoms with Crippen LogP contribution < -0.4 is 10.6 Å². The highest BCUT2D eigenvalue weighted by atomic mass is 19.2. The van der Waals surface area contributed by atoms with Crippen LogP contribution in [0.5, 0.6) is 0 Å². The fraction of sp³-hybridized carbons (Fsp3) is 0.417. The molecule has 3 nitrogen and oxygen atoms in total. The van der Waals surface area contributed by atoms with Crippen molar-refractivity contribution in [3.05, 3.63) is 29.8 Å². The smallest absolute Gasteiger partial charge is 0.238 e.